The topological polar surface area (TPSA) is 541 Å². The van der Waals surface area contributed by atoms with E-state index in [1.807, 2.05) is 47.6 Å². The number of nitrogens with one attached hydrogen (secondary N) is 1. The Morgan fingerprint density at radius 2 is 1.42 bits per heavy atom. The number of hydrogen-bond donors (Lipinski definition) is 10. The second-order valence-electron chi connectivity index (χ2n) is 26.4. The quantitative estimate of drug-likeness (QED) is 0.0471. The molecule has 8 rings (SSSR count). The summed E-state index contributed by atoms with van der Waals surface area (Å²) in [7, 11) is -5.37. The van der Waals surface area contributed by atoms with E-state index < -0.39 is 150 Å². The van der Waals surface area contributed by atoms with Crippen LogP contribution in [0, 0.1) is 64.1 Å². The van der Waals surface area contributed by atoms with Gasteiger partial charge in [-0.05, 0) is 88.9 Å². The van der Waals surface area contributed by atoms with E-state index in [-0.39, 0.29) is 104 Å². The van der Waals surface area contributed by atoms with E-state index in [1.165, 1.54) is 17.8 Å². The van der Waals surface area contributed by atoms with Crippen LogP contribution in [0.3, 0.4) is 0 Å². The average Bonchev–Trinajstić information content (AvgIpc) is 1.53. The smallest absolute Gasteiger partial charge is 0.268 e. The predicted octanol–water partition coefficient (Wildman–Crippen LogP) is 1.47. The fraction of sp³-hybridized carbons (Fsp3) is 0.633. The molecule has 6 aliphatic heterocycles. The maximum Gasteiger partial charge on any atom is 0.268 e. The summed E-state index contributed by atoms with van der Waals surface area (Å²) in [6.07, 6.45) is -5.54. The van der Waals surface area contributed by atoms with Crippen LogP contribution in [0.4, 0.5) is 5.82 Å². The average molecular weight is 1360 g/mol. The van der Waals surface area contributed by atoms with Gasteiger partial charge in [0.25, 0.3) is 7.82 Å². The number of nitrogens with zero attached hydrogens (tertiary/aromatic N) is 9. The Morgan fingerprint density at radius 1 is 0.828 bits per heavy atom. The summed E-state index contributed by atoms with van der Waals surface area (Å²) in [5, 5.41) is 36.2. The third-order valence-corrected chi connectivity index (χ3v) is 21.0. The molecule has 2 saturated heterocycles. The number of anilines is 1. The van der Waals surface area contributed by atoms with Crippen molar-refractivity contribution in [2.45, 2.75) is 182 Å². The van der Waals surface area contributed by atoms with Crippen LogP contribution in [0.2, 0.25) is 0 Å². The summed E-state index contributed by atoms with van der Waals surface area (Å²) in [6, 6.07) is -1.07. The molecule has 33 heteroatoms. The van der Waals surface area contributed by atoms with Gasteiger partial charge in [0.15, 0.2) is 17.7 Å². The number of fused-ring (bicyclic) bond motifs is 7. The first kappa shape index (κ1) is 74.7. The van der Waals surface area contributed by atoms with Gasteiger partial charge in [-0.2, -0.15) is 5.70 Å². The number of imidazole rings is 1. The van der Waals surface area contributed by atoms with Gasteiger partial charge in [0.2, 0.25) is 41.4 Å². The van der Waals surface area contributed by atoms with Gasteiger partial charge in [-0.25, -0.2) is 15.0 Å². The van der Waals surface area contributed by atoms with Gasteiger partial charge in [0, 0.05) is 125 Å². The molecule has 93 heavy (non-hydrogen) atoms. The number of phosphoric ester groups is 1. The molecule has 15 atom stereocenters. The number of phosphoric acid groups is 1. The second kappa shape index (κ2) is 28.3. The van der Waals surface area contributed by atoms with Crippen molar-refractivity contribution >= 4 is 83.3 Å². The molecule has 511 valence electrons. The second-order valence-corrected chi connectivity index (χ2v) is 27.7. The molecule has 0 spiro atoms. The minimum Gasteiger partial charge on any atom is -0.756 e. The number of ether oxygens (including phenoxy) is 1. The van der Waals surface area contributed by atoms with E-state index >= 15 is 0 Å². The third kappa shape index (κ3) is 14.5. The van der Waals surface area contributed by atoms with Crippen molar-refractivity contribution in [1.29, 1.82) is 5.26 Å². The van der Waals surface area contributed by atoms with E-state index in [4.69, 9.17) is 86.0 Å². The first-order valence-corrected chi connectivity index (χ1v) is 31.7. The largest absolute Gasteiger partial charge is 0.756 e. The zero-order chi connectivity index (χ0) is 68.7. The summed E-state index contributed by atoms with van der Waals surface area (Å²) in [6.45, 7) is 21.3. The van der Waals surface area contributed by atoms with Crippen molar-refractivity contribution in [2.75, 3.05) is 18.9 Å². The third-order valence-electron chi connectivity index (χ3n) is 19.9. The van der Waals surface area contributed by atoms with Gasteiger partial charge >= 0.3 is 0 Å². The van der Waals surface area contributed by atoms with Gasteiger partial charge in [-0.15, -0.1) is 0 Å². The van der Waals surface area contributed by atoms with Crippen LogP contribution in [0.15, 0.2) is 55.6 Å². The molecule has 1 unspecified atom stereocenters. The Bertz CT molecular complexity index is 3600. The summed E-state index contributed by atoms with van der Waals surface area (Å²) in [5.74, 6) is -7.17. The van der Waals surface area contributed by atoms with Crippen LogP contribution in [-0.4, -0.2) is 137 Å². The number of rotatable bonds is 26. The molecule has 6 aliphatic rings. The molecule has 31 nitrogen and oxygen atoms in total. The molecule has 17 N–H and O–H groups in total. The molecular weight excluding hydrogens is 1270 g/mol. The summed E-state index contributed by atoms with van der Waals surface area (Å²) >= 11 is 0. The van der Waals surface area contributed by atoms with Crippen molar-refractivity contribution in [3.63, 3.8) is 0 Å². The molecule has 1 radical (unpaired) electrons. The van der Waals surface area contributed by atoms with Crippen LogP contribution >= 0.6 is 7.82 Å². The van der Waals surface area contributed by atoms with Gasteiger partial charge in [0.1, 0.15) is 36.0 Å². The Labute approximate surface area is 548 Å². The Balaban J connectivity index is 0.00000453. The minimum atomic E-state index is -5.37. The molecule has 8 bridgehead atoms. The predicted molar refractivity (Wildman–Crippen MR) is 332 cm³/mol. The van der Waals surface area contributed by atoms with Gasteiger partial charge in [-0.1, -0.05) is 40.7 Å². The van der Waals surface area contributed by atoms with Crippen LogP contribution in [0.5, 0.6) is 0 Å². The van der Waals surface area contributed by atoms with Crippen LogP contribution in [-0.2, 0) is 68.7 Å². The number of aliphatic hydroxyl groups excluding tert-OH is 2. The first-order chi connectivity index (χ1) is 42.8. The first-order valence-electron chi connectivity index (χ1n) is 30.2. The molecule has 0 saturated carbocycles. The van der Waals surface area contributed by atoms with E-state index in [1.54, 1.807) is 20.8 Å². The molecule has 0 aromatic carbocycles. The fourth-order valence-corrected chi connectivity index (χ4v) is 16.2. The number of nitrogen functional groups attached to an aromatic ring is 1. The van der Waals surface area contributed by atoms with E-state index in [2.05, 4.69) is 20.3 Å². The number of carbonyl (C=O) groups excluding carboxylic acids is 7. The maximum absolute atomic E-state index is 14.3. The van der Waals surface area contributed by atoms with E-state index in [0.29, 0.717) is 51.2 Å². The number of aromatic nitrogens is 4. The van der Waals surface area contributed by atoms with Crippen molar-refractivity contribution in [1.82, 2.24) is 24.8 Å². The van der Waals surface area contributed by atoms with E-state index in [0.717, 1.165) is 0 Å². The van der Waals surface area contributed by atoms with Crippen LogP contribution in [0.1, 0.15) is 145 Å². The molecular formula is C60H85CoN17O14P-3. The molecule has 8 heterocycles. The molecule has 2 aromatic rings. The number of carbonyl (C=O) groups is 7. The van der Waals surface area contributed by atoms with E-state index in [9.17, 15) is 53.2 Å². The summed E-state index contributed by atoms with van der Waals surface area (Å²) in [5.41, 5.74) is 39.9. The fourth-order valence-electron chi connectivity index (χ4n) is 15.1. The molecule has 2 fully saturated rings. The number of aliphatic hydroxyl groups is 2. The standard InChI is InChI=1S/C59H87N16O14P.CN.Co/c1-26(88-90(85,86)89-48-35(24-76)87-54(47(48)84)75-25-68-53-46(75)52(66)69-29(4)70-53)23-67-43(83)17-18-56(7)33(19-40(63)80)51-59(10)58(9,22-42(65)82)32(13-16-39(62)79)45(74-59)28(3)50-57(8,21-41(64)81)30(11-14-37(60)77)34(71-50)20-36-55(5,6)31(12-15-38(61)78)44(72-36)27(2)49(56)73-51;1-2;/h20,25-26,30-33,35,47-48,51,54,76,84H,11-19,21-24H2,1-10H3,(H17,60,61,62,63,64,65,66,67,69,70,71,72,73,74,77,78,79,80,81,82,83,85,86);;/q;-1;/p-2/t26-,30+,31+,32+,33-,35+,47+,48+,51+,54-,56-,57-,58-,59-;;/m0../s1. The number of primary amides is 6. The van der Waals surface area contributed by atoms with Gasteiger partial charge in [0.05, 0.1) is 23.9 Å². The Morgan fingerprint density at radius 3 is 1.99 bits per heavy atom. The van der Waals surface area contributed by atoms with Crippen LogP contribution in [0.25, 0.3) is 16.5 Å². The molecule has 2 aromatic heterocycles. The zero-order valence-corrected chi connectivity index (χ0v) is 55.7. The van der Waals surface area contributed by atoms with Crippen molar-refractivity contribution in [3.05, 3.63) is 58.4 Å². The summed E-state index contributed by atoms with van der Waals surface area (Å²) < 4.78 is 31.4. The Kier molecular flexibility index (Phi) is 22.7. The summed E-state index contributed by atoms with van der Waals surface area (Å²) in [4.78, 5) is 136. The van der Waals surface area contributed by atoms with Crippen molar-refractivity contribution in [2.24, 2.45) is 94.7 Å². The normalized spacial score (nSPS) is 33.1. The maximum atomic E-state index is 14.3. The SMILES string of the molecule is C/C1=C2N=C(/C=C3N=C(/C(C)=C4\[N-][C@H]([C@H](CC(N)=O)[C@]4(C)CCC(=O)NC[C@H](C)OP(=O)([O-])O[C@H]4[C@@H](O)[C@@H](n5cnc6nc(C)nc(N)c65)O[C@@H]4CO)[C@]4(C)N=C1[C@@H](CCC(N)=O)[C@]4(C)CC(N)=O)[C@@H](CCC(N)=O)C\3(C)C)[C@@H](CCC(N)=O)[C@]/2(C)CC(N)=O.[C-]#N.[Co]. The number of aryl methyl sites for hydroxylation is 1. The van der Waals surface area contributed by atoms with Crippen molar-refractivity contribution in [3.8, 4) is 0 Å². The number of hydrogen-bond acceptors (Lipinski definition) is 22. The zero-order valence-electron chi connectivity index (χ0n) is 53.8. The molecule has 0 aliphatic carbocycles. The van der Waals surface area contributed by atoms with Crippen molar-refractivity contribution < 1.29 is 83.8 Å². The minimum absolute atomic E-state index is 0. The van der Waals surface area contributed by atoms with Crippen LogP contribution < -0.4 is 50.3 Å². The van der Waals surface area contributed by atoms with Gasteiger partial charge in [-0.3, -0.25) is 57.7 Å². The number of allylic oxidation sites excluding steroid dienone is 6. The molecule has 7 amide bonds. The number of amides is 7. The monoisotopic (exact) mass is 1360 g/mol. The van der Waals surface area contributed by atoms with Gasteiger partial charge < -0.3 is 91.5 Å². The number of aliphatic imine (C=N–C) groups is 3. The Hall–Kier alpha value is -7.34. The number of nitrogens with two attached hydrogens (primary N) is 7.